The summed E-state index contributed by atoms with van der Waals surface area (Å²) < 4.78 is 0. The monoisotopic (exact) mass is 280 g/mol. The Labute approximate surface area is 117 Å². The van der Waals surface area contributed by atoms with Crippen molar-refractivity contribution in [3.63, 3.8) is 0 Å². The number of nitrogens with zero attached hydrogens (tertiary/aromatic N) is 2. The second kappa shape index (κ2) is 6.07. The van der Waals surface area contributed by atoms with Gasteiger partial charge in [-0.15, -0.1) is 11.6 Å². The molecule has 0 aliphatic heterocycles. The van der Waals surface area contributed by atoms with Crippen LogP contribution in [0.1, 0.15) is 11.3 Å². The molecule has 0 fully saturated rings. The van der Waals surface area contributed by atoms with E-state index in [1.54, 1.807) is 0 Å². The summed E-state index contributed by atoms with van der Waals surface area (Å²) in [5, 5.41) is 0.776. The van der Waals surface area contributed by atoms with Gasteiger partial charge in [0.2, 0.25) is 0 Å². The molecule has 0 spiro atoms. The Kier molecular flexibility index (Phi) is 4.45. The van der Waals surface area contributed by atoms with E-state index in [0.717, 1.165) is 28.6 Å². The lowest BCUT2D eigenvalue weighted by molar-refractivity contribution is 0.891. The van der Waals surface area contributed by atoms with Gasteiger partial charge in [-0.05, 0) is 23.8 Å². The molecule has 18 heavy (non-hydrogen) atoms. The van der Waals surface area contributed by atoms with Gasteiger partial charge in [0.25, 0.3) is 0 Å². The minimum absolute atomic E-state index is 0.424. The molecular formula is C14H14Cl2N2. The second-order valence-corrected chi connectivity index (χ2v) is 4.74. The van der Waals surface area contributed by atoms with Crippen molar-refractivity contribution in [1.82, 2.24) is 4.98 Å². The van der Waals surface area contributed by atoms with Gasteiger partial charge < -0.3 is 4.90 Å². The maximum Gasteiger partial charge on any atom is 0.128 e. The molecule has 0 saturated carbocycles. The Morgan fingerprint density at radius 1 is 1.11 bits per heavy atom. The Morgan fingerprint density at radius 3 is 2.61 bits per heavy atom. The Hall–Kier alpha value is -1.25. The minimum atomic E-state index is 0.424. The molecule has 1 aromatic heterocycles. The molecule has 2 nitrogen and oxygen atoms in total. The van der Waals surface area contributed by atoms with Crippen LogP contribution < -0.4 is 4.90 Å². The second-order valence-electron chi connectivity index (χ2n) is 4.07. The van der Waals surface area contributed by atoms with Gasteiger partial charge in [-0.25, -0.2) is 4.98 Å². The third-order valence-electron chi connectivity index (χ3n) is 2.69. The van der Waals surface area contributed by atoms with Crippen LogP contribution in [0.4, 0.5) is 5.82 Å². The molecule has 0 atom stereocenters. The molecule has 0 saturated heterocycles. The zero-order valence-corrected chi connectivity index (χ0v) is 11.6. The van der Waals surface area contributed by atoms with Gasteiger partial charge in [-0.3, -0.25) is 0 Å². The van der Waals surface area contributed by atoms with Crippen LogP contribution in [0.5, 0.6) is 0 Å². The van der Waals surface area contributed by atoms with Crippen LogP contribution in [0.25, 0.3) is 0 Å². The lowest BCUT2D eigenvalue weighted by atomic mass is 10.2. The molecule has 1 heterocycles. The van der Waals surface area contributed by atoms with E-state index in [0.29, 0.717) is 5.88 Å². The molecular weight excluding hydrogens is 267 g/mol. The summed E-state index contributed by atoms with van der Waals surface area (Å²) in [4.78, 5) is 6.52. The molecule has 1 aromatic carbocycles. The van der Waals surface area contributed by atoms with E-state index in [4.69, 9.17) is 23.2 Å². The van der Waals surface area contributed by atoms with Crippen LogP contribution in [-0.4, -0.2) is 12.0 Å². The molecule has 2 rings (SSSR count). The molecule has 2 aromatic rings. The zero-order chi connectivity index (χ0) is 13.0. The standard InChI is InChI=1S/C14H14Cl2N2/c1-18(10-11-5-2-3-7-13(11)16)14-8-4-6-12(9-15)17-14/h2-8H,9-10H2,1H3. The number of benzene rings is 1. The van der Waals surface area contributed by atoms with E-state index in [1.165, 1.54) is 0 Å². The predicted molar refractivity (Wildman–Crippen MR) is 77.4 cm³/mol. The van der Waals surface area contributed by atoms with Crippen LogP contribution in [0.15, 0.2) is 42.5 Å². The first kappa shape index (κ1) is 13.2. The van der Waals surface area contributed by atoms with Gasteiger partial charge in [0.05, 0.1) is 11.6 Å². The molecule has 0 N–H and O–H groups in total. The van der Waals surface area contributed by atoms with Crippen LogP contribution >= 0.6 is 23.2 Å². The number of anilines is 1. The number of aromatic nitrogens is 1. The fraction of sp³-hybridized carbons (Fsp3) is 0.214. The highest BCUT2D eigenvalue weighted by molar-refractivity contribution is 6.31. The van der Waals surface area contributed by atoms with E-state index in [9.17, 15) is 0 Å². The summed E-state index contributed by atoms with van der Waals surface area (Å²) in [6.45, 7) is 0.721. The highest BCUT2D eigenvalue weighted by Gasteiger charge is 2.06. The first-order valence-corrected chi connectivity index (χ1v) is 6.58. The lowest BCUT2D eigenvalue weighted by Crippen LogP contribution is -2.18. The maximum absolute atomic E-state index is 6.15. The number of rotatable bonds is 4. The van der Waals surface area contributed by atoms with Crippen LogP contribution in [0.3, 0.4) is 0 Å². The van der Waals surface area contributed by atoms with Gasteiger partial charge in [0, 0.05) is 18.6 Å². The summed E-state index contributed by atoms with van der Waals surface area (Å²) in [7, 11) is 1.99. The van der Waals surface area contributed by atoms with E-state index in [1.807, 2.05) is 49.5 Å². The van der Waals surface area contributed by atoms with E-state index < -0.39 is 0 Å². The number of hydrogen-bond donors (Lipinski definition) is 0. The Bertz CT molecular complexity index is 529. The Balaban J connectivity index is 2.16. The fourth-order valence-electron chi connectivity index (χ4n) is 1.72. The van der Waals surface area contributed by atoms with E-state index in [-0.39, 0.29) is 0 Å². The van der Waals surface area contributed by atoms with Crippen LogP contribution in [-0.2, 0) is 12.4 Å². The van der Waals surface area contributed by atoms with Crippen LogP contribution in [0.2, 0.25) is 5.02 Å². The zero-order valence-electron chi connectivity index (χ0n) is 10.1. The molecule has 0 aliphatic rings. The van der Waals surface area contributed by atoms with Gasteiger partial charge >= 0.3 is 0 Å². The molecule has 0 unspecified atom stereocenters. The average molecular weight is 281 g/mol. The number of alkyl halides is 1. The summed E-state index contributed by atoms with van der Waals surface area (Å²) in [6, 6.07) is 13.7. The highest BCUT2D eigenvalue weighted by Crippen LogP contribution is 2.19. The third-order valence-corrected chi connectivity index (χ3v) is 3.33. The molecule has 0 bridgehead atoms. The predicted octanol–water partition coefficient (Wildman–Crippen LogP) is 4.11. The number of pyridine rings is 1. The summed E-state index contributed by atoms with van der Waals surface area (Å²) in [5.74, 6) is 1.32. The largest absolute Gasteiger partial charge is 0.355 e. The number of halogens is 2. The van der Waals surface area contributed by atoms with Gasteiger partial charge in [0.15, 0.2) is 0 Å². The molecule has 4 heteroatoms. The molecule has 0 aliphatic carbocycles. The Morgan fingerprint density at radius 2 is 1.89 bits per heavy atom. The normalized spacial score (nSPS) is 10.4. The van der Waals surface area contributed by atoms with Crippen molar-refractivity contribution in [3.8, 4) is 0 Å². The van der Waals surface area contributed by atoms with Crippen molar-refractivity contribution < 1.29 is 0 Å². The summed E-state index contributed by atoms with van der Waals surface area (Å²) >= 11 is 11.9. The van der Waals surface area contributed by atoms with Crippen LogP contribution in [0, 0.1) is 0 Å². The summed E-state index contributed by atoms with van der Waals surface area (Å²) in [5.41, 5.74) is 1.96. The first-order chi connectivity index (χ1) is 8.70. The lowest BCUT2D eigenvalue weighted by Gasteiger charge is -2.19. The molecule has 0 radical (unpaired) electrons. The van der Waals surface area contributed by atoms with Crippen molar-refractivity contribution in [2.45, 2.75) is 12.4 Å². The molecule has 94 valence electrons. The van der Waals surface area contributed by atoms with Gasteiger partial charge in [0.1, 0.15) is 5.82 Å². The van der Waals surface area contributed by atoms with E-state index in [2.05, 4.69) is 9.88 Å². The topological polar surface area (TPSA) is 16.1 Å². The van der Waals surface area contributed by atoms with Crippen molar-refractivity contribution in [3.05, 3.63) is 58.7 Å². The highest BCUT2D eigenvalue weighted by atomic mass is 35.5. The third kappa shape index (κ3) is 3.15. The minimum Gasteiger partial charge on any atom is -0.355 e. The maximum atomic E-state index is 6.15. The molecule has 0 amide bonds. The summed E-state index contributed by atoms with van der Waals surface area (Å²) in [6.07, 6.45) is 0. The first-order valence-electron chi connectivity index (χ1n) is 5.67. The smallest absolute Gasteiger partial charge is 0.128 e. The van der Waals surface area contributed by atoms with E-state index >= 15 is 0 Å². The quantitative estimate of drug-likeness (QED) is 0.784. The number of hydrogen-bond acceptors (Lipinski definition) is 2. The van der Waals surface area contributed by atoms with Crippen molar-refractivity contribution in [2.24, 2.45) is 0 Å². The van der Waals surface area contributed by atoms with Crippen molar-refractivity contribution in [2.75, 3.05) is 11.9 Å². The average Bonchev–Trinajstić information content (AvgIpc) is 2.41. The fourth-order valence-corrected chi connectivity index (χ4v) is 2.06. The van der Waals surface area contributed by atoms with Crippen molar-refractivity contribution >= 4 is 29.0 Å². The van der Waals surface area contributed by atoms with Crippen molar-refractivity contribution in [1.29, 1.82) is 0 Å². The van der Waals surface area contributed by atoms with Gasteiger partial charge in [-0.2, -0.15) is 0 Å². The van der Waals surface area contributed by atoms with Gasteiger partial charge in [-0.1, -0.05) is 35.9 Å². The SMILES string of the molecule is CN(Cc1ccccc1Cl)c1cccc(CCl)n1.